The van der Waals surface area contributed by atoms with E-state index in [0.29, 0.717) is 5.92 Å². The first-order chi connectivity index (χ1) is 7.82. The largest absolute Gasteiger partial charge is 0.491 e. The fourth-order valence-electron chi connectivity index (χ4n) is 1.88. The van der Waals surface area contributed by atoms with Gasteiger partial charge in [0.2, 0.25) is 0 Å². The molecule has 0 aliphatic carbocycles. The fourth-order valence-corrected chi connectivity index (χ4v) is 1.88. The number of hydrogen-bond donors (Lipinski definition) is 0. The molecular weight excluding hydrogens is 212 g/mol. The van der Waals surface area contributed by atoms with Crippen LogP contribution in [0.15, 0.2) is 12.1 Å². The number of rotatable bonds is 4. The van der Waals surface area contributed by atoms with E-state index in [4.69, 9.17) is 4.74 Å². The highest BCUT2D eigenvalue weighted by Gasteiger charge is 2.14. The van der Waals surface area contributed by atoms with Gasteiger partial charge in [-0.25, -0.2) is 0 Å². The lowest BCUT2D eigenvalue weighted by Crippen LogP contribution is -2.10. The smallest absolute Gasteiger partial charge is 0.160 e. The van der Waals surface area contributed by atoms with Gasteiger partial charge in [0.15, 0.2) is 5.78 Å². The summed E-state index contributed by atoms with van der Waals surface area (Å²) in [5.74, 6) is 1.36. The molecule has 0 unspecified atom stereocenters. The molecule has 1 rings (SSSR count). The lowest BCUT2D eigenvalue weighted by Gasteiger charge is -2.18. The summed E-state index contributed by atoms with van der Waals surface area (Å²) in [4.78, 5) is 11.5. The minimum atomic E-state index is 0.112. The second-order valence-corrected chi connectivity index (χ2v) is 5.08. The molecule has 0 fully saturated rings. The van der Waals surface area contributed by atoms with E-state index in [-0.39, 0.29) is 11.9 Å². The monoisotopic (exact) mass is 234 g/mol. The van der Waals surface area contributed by atoms with Gasteiger partial charge in [-0.3, -0.25) is 4.79 Å². The zero-order valence-electron chi connectivity index (χ0n) is 11.6. The molecule has 1 aromatic rings. The van der Waals surface area contributed by atoms with Crippen molar-refractivity contribution >= 4 is 5.78 Å². The number of ether oxygens (including phenoxy) is 1. The van der Waals surface area contributed by atoms with Crippen LogP contribution in [-0.4, -0.2) is 11.9 Å². The molecule has 0 saturated heterocycles. The third-order valence-corrected chi connectivity index (χ3v) is 2.72. The topological polar surface area (TPSA) is 26.3 Å². The molecule has 0 amide bonds. The Morgan fingerprint density at radius 2 is 1.76 bits per heavy atom. The van der Waals surface area contributed by atoms with E-state index in [1.807, 2.05) is 32.9 Å². The highest BCUT2D eigenvalue weighted by molar-refractivity contribution is 5.96. The number of hydrogen-bond acceptors (Lipinski definition) is 2. The minimum absolute atomic E-state index is 0.112. The molecule has 0 atom stereocenters. The standard InChI is InChI=1S/C15H22O2/c1-9(2)13-8-14(12(6)16)11(5)7-15(13)17-10(3)4/h7-10H,1-6H3. The van der Waals surface area contributed by atoms with Gasteiger partial charge in [-0.15, -0.1) is 0 Å². The SMILES string of the molecule is CC(=O)c1cc(C(C)C)c(OC(C)C)cc1C. The van der Waals surface area contributed by atoms with E-state index in [2.05, 4.69) is 13.8 Å². The summed E-state index contributed by atoms with van der Waals surface area (Å²) in [5, 5.41) is 0. The minimum Gasteiger partial charge on any atom is -0.491 e. The lowest BCUT2D eigenvalue weighted by atomic mass is 9.95. The highest BCUT2D eigenvalue weighted by Crippen LogP contribution is 2.30. The molecule has 0 spiro atoms. The Morgan fingerprint density at radius 1 is 1.18 bits per heavy atom. The average Bonchev–Trinajstić information content (AvgIpc) is 2.15. The third-order valence-electron chi connectivity index (χ3n) is 2.72. The quantitative estimate of drug-likeness (QED) is 0.733. The van der Waals surface area contributed by atoms with Crippen molar-refractivity contribution in [2.24, 2.45) is 0 Å². The summed E-state index contributed by atoms with van der Waals surface area (Å²) in [6.07, 6.45) is 0.148. The average molecular weight is 234 g/mol. The van der Waals surface area contributed by atoms with Gasteiger partial charge in [0.1, 0.15) is 5.75 Å². The van der Waals surface area contributed by atoms with Crippen LogP contribution in [0.5, 0.6) is 5.75 Å². The molecular formula is C15H22O2. The molecule has 0 N–H and O–H groups in total. The Balaban J connectivity index is 3.30. The van der Waals surface area contributed by atoms with Crippen molar-refractivity contribution in [3.8, 4) is 5.75 Å². The molecule has 0 aliphatic rings. The summed E-state index contributed by atoms with van der Waals surface area (Å²) in [7, 11) is 0. The first kappa shape index (κ1) is 13.8. The second kappa shape index (κ2) is 5.35. The van der Waals surface area contributed by atoms with Gasteiger partial charge >= 0.3 is 0 Å². The number of aryl methyl sites for hydroxylation is 1. The van der Waals surface area contributed by atoms with Crippen molar-refractivity contribution in [2.75, 3.05) is 0 Å². The molecule has 1 aromatic carbocycles. The number of Topliss-reactive ketones (excluding diaryl/α,β-unsaturated/α-hetero) is 1. The number of ketones is 1. The van der Waals surface area contributed by atoms with Crippen molar-refractivity contribution in [2.45, 2.75) is 53.6 Å². The van der Waals surface area contributed by atoms with Crippen LogP contribution >= 0.6 is 0 Å². The normalized spacial score (nSPS) is 11.1. The molecule has 0 heterocycles. The van der Waals surface area contributed by atoms with Crippen molar-refractivity contribution in [3.63, 3.8) is 0 Å². The summed E-state index contributed by atoms with van der Waals surface area (Å²) >= 11 is 0. The van der Waals surface area contributed by atoms with Crippen LogP contribution in [0.2, 0.25) is 0 Å². The van der Waals surface area contributed by atoms with Crippen LogP contribution in [-0.2, 0) is 0 Å². The maximum Gasteiger partial charge on any atom is 0.160 e. The van der Waals surface area contributed by atoms with E-state index in [1.54, 1.807) is 6.92 Å². The van der Waals surface area contributed by atoms with Gasteiger partial charge in [-0.1, -0.05) is 13.8 Å². The van der Waals surface area contributed by atoms with Crippen molar-refractivity contribution < 1.29 is 9.53 Å². The van der Waals surface area contributed by atoms with Crippen LogP contribution in [0.1, 0.15) is 62.0 Å². The zero-order chi connectivity index (χ0) is 13.2. The molecule has 2 heteroatoms. The van der Waals surface area contributed by atoms with E-state index in [9.17, 15) is 4.79 Å². The van der Waals surface area contributed by atoms with E-state index < -0.39 is 0 Å². The van der Waals surface area contributed by atoms with Crippen LogP contribution in [0.4, 0.5) is 0 Å². The van der Waals surface area contributed by atoms with Gasteiger partial charge in [0, 0.05) is 5.56 Å². The van der Waals surface area contributed by atoms with Gasteiger partial charge in [0.25, 0.3) is 0 Å². The van der Waals surface area contributed by atoms with Crippen LogP contribution < -0.4 is 4.74 Å². The first-order valence-corrected chi connectivity index (χ1v) is 6.15. The van der Waals surface area contributed by atoms with E-state index in [1.165, 1.54) is 0 Å². The summed E-state index contributed by atoms with van der Waals surface area (Å²) in [6.45, 7) is 11.8. The zero-order valence-corrected chi connectivity index (χ0v) is 11.6. The Morgan fingerprint density at radius 3 is 2.18 bits per heavy atom. The third kappa shape index (κ3) is 3.32. The molecule has 0 aliphatic heterocycles. The van der Waals surface area contributed by atoms with Crippen molar-refractivity contribution in [1.82, 2.24) is 0 Å². The predicted octanol–water partition coefficient (Wildman–Crippen LogP) is 4.11. The molecule has 94 valence electrons. The summed E-state index contributed by atoms with van der Waals surface area (Å²) < 4.78 is 5.81. The van der Waals surface area contributed by atoms with Crippen molar-refractivity contribution in [3.05, 3.63) is 28.8 Å². The second-order valence-electron chi connectivity index (χ2n) is 5.08. The van der Waals surface area contributed by atoms with E-state index >= 15 is 0 Å². The number of carbonyl (C=O) groups is 1. The molecule has 0 aromatic heterocycles. The van der Waals surface area contributed by atoms with Gasteiger partial charge in [-0.2, -0.15) is 0 Å². The Kier molecular flexibility index (Phi) is 4.33. The van der Waals surface area contributed by atoms with Gasteiger partial charge in [0.05, 0.1) is 6.10 Å². The fraction of sp³-hybridized carbons (Fsp3) is 0.533. The van der Waals surface area contributed by atoms with Crippen LogP contribution in [0.3, 0.4) is 0 Å². The number of carbonyl (C=O) groups excluding carboxylic acids is 1. The Labute approximate surface area is 104 Å². The molecule has 0 bridgehead atoms. The maximum absolute atomic E-state index is 11.5. The van der Waals surface area contributed by atoms with Crippen LogP contribution in [0, 0.1) is 6.92 Å². The highest BCUT2D eigenvalue weighted by atomic mass is 16.5. The van der Waals surface area contributed by atoms with E-state index in [0.717, 1.165) is 22.4 Å². The van der Waals surface area contributed by atoms with Crippen molar-refractivity contribution in [1.29, 1.82) is 0 Å². The Hall–Kier alpha value is -1.31. The van der Waals surface area contributed by atoms with Gasteiger partial charge in [-0.05, 0) is 56.9 Å². The predicted molar refractivity (Wildman–Crippen MR) is 71.0 cm³/mol. The van der Waals surface area contributed by atoms with Gasteiger partial charge < -0.3 is 4.74 Å². The summed E-state index contributed by atoms with van der Waals surface area (Å²) in [5.41, 5.74) is 2.89. The molecule has 17 heavy (non-hydrogen) atoms. The molecule has 0 radical (unpaired) electrons. The molecule has 0 saturated carbocycles. The lowest BCUT2D eigenvalue weighted by molar-refractivity contribution is 0.101. The molecule has 2 nitrogen and oxygen atoms in total. The first-order valence-electron chi connectivity index (χ1n) is 6.15. The van der Waals surface area contributed by atoms with Crippen LogP contribution in [0.25, 0.3) is 0 Å². The maximum atomic E-state index is 11.5. The summed E-state index contributed by atoms with van der Waals surface area (Å²) in [6, 6.07) is 3.95. The Bertz CT molecular complexity index is 417. The number of benzene rings is 1.